The monoisotopic (exact) mass is 473 g/mol. The summed E-state index contributed by atoms with van der Waals surface area (Å²) in [7, 11) is 1.36. The van der Waals surface area contributed by atoms with Crippen LogP contribution in [0.1, 0.15) is 27.4 Å². The van der Waals surface area contributed by atoms with Crippen LogP contribution in [0.15, 0.2) is 47.5 Å². The number of amides is 2. The van der Waals surface area contributed by atoms with Gasteiger partial charge in [0, 0.05) is 30.7 Å². The third-order valence-corrected chi connectivity index (χ3v) is 5.38. The molecule has 1 unspecified atom stereocenters. The first-order valence-corrected chi connectivity index (χ1v) is 10.0. The van der Waals surface area contributed by atoms with Crippen molar-refractivity contribution in [2.75, 3.05) is 18.9 Å². The van der Waals surface area contributed by atoms with Crippen molar-refractivity contribution in [3.05, 3.63) is 65.0 Å². The molecule has 0 saturated heterocycles. The van der Waals surface area contributed by atoms with Crippen molar-refractivity contribution in [2.45, 2.75) is 18.1 Å². The quantitative estimate of drug-likeness (QED) is 0.492. The van der Waals surface area contributed by atoms with Gasteiger partial charge in [-0.1, -0.05) is 18.2 Å². The molecule has 2 amide bonds. The molecule has 7 nitrogen and oxygen atoms in total. The van der Waals surface area contributed by atoms with Gasteiger partial charge >= 0.3 is 6.18 Å². The van der Waals surface area contributed by atoms with Gasteiger partial charge in [0.05, 0.1) is 23.4 Å². The van der Waals surface area contributed by atoms with Gasteiger partial charge in [0.2, 0.25) is 5.91 Å². The number of alkyl halides is 3. The maximum Gasteiger partial charge on any atom is 0.406 e. The number of fused-ring (bicyclic) bond motifs is 1. The fraction of sp³-hybridized carbons (Fsp3) is 0.261. The third-order valence-electron chi connectivity index (χ3n) is 5.38. The molecular formula is C23H19F4N5O2. The summed E-state index contributed by atoms with van der Waals surface area (Å²) < 4.78 is 54.1. The van der Waals surface area contributed by atoms with Crippen LogP contribution < -0.4 is 5.32 Å². The second kappa shape index (κ2) is 9.82. The van der Waals surface area contributed by atoms with Crippen LogP contribution >= 0.6 is 0 Å². The molecule has 3 rings (SSSR count). The molecule has 176 valence electrons. The summed E-state index contributed by atoms with van der Waals surface area (Å²) in [6.07, 6.45) is -2.74. The van der Waals surface area contributed by atoms with Crippen LogP contribution in [0.2, 0.25) is 0 Å². The first kappa shape index (κ1) is 24.6. The van der Waals surface area contributed by atoms with Gasteiger partial charge in [0.1, 0.15) is 18.4 Å². The highest BCUT2D eigenvalue weighted by Gasteiger charge is 2.49. The minimum Gasteiger partial charge on any atom is -0.325 e. The summed E-state index contributed by atoms with van der Waals surface area (Å²) in [5.74, 6) is -4.94. The molecule has 0 aliphatic carbocycles. The Hall–Kier alpha value is -4.07. The lowest BCUT2D eigenvalue weighted by atomic mass is 9.77. The van der Waals surface area contributed by atoms with Crippen molar-refractivity contribution >= 4 is 29.9 Å². The Balaban J connectivity index is 2.15. The van der Waals surface area contributed by atoms with Gasteiger partial charge in [-0.05, 0) is 29.8 Å². The summed E-state index contributed by atoms with van der Waals surface area (Å²) in [5.41, 5.74) is -0.165. The van der Waals surface area contributed by atoms with E-state index in [1.165, 1.54) is 37.5 Å². The van der Waals surface area contributed by atoms with E-state index in [0.717, 1.165) is 18.3 Å². The Bertz CT molecular complexity index is 1190. The van der Waals surface area contributed by atoms with Crippen LogP contribution in [0.5, 0.6) is 0 Å². The van der Waals surface area contributed by atoms with E-state index in [9.17, 15) is 27.2 Å². The number of aliphatic imine (C=N–C) groups is 1. The molecule has 0 saturated carbocycles. The Labute approximate surface area is 192 Å². The van der Waals surface area contributed by atoms with Crippen molar-refractivity contribution < 1.29 is 27.2 Å². The summed E-state index contributed by atoms with van der Waals surface area (Å²) in [6, 6.07) is 9.31. The standard InChI is InChI=1S/C23H19F4N5O2/c1-30-11-14(10-29)20-19(21(33)31-15-6-7-18(24)13(8-15)9-28)16-4-2-3-5-17(16)22(34)32(20)12-23(25,26)27/h2-8,10-11,14,19-20,29H,12H2,1H3,(H,31,33)/t14?,19-,20+/m0/s1. The van der Waals surface area contributed by atoms with E-state index in [0.29, 0.717) is 4.90 Å². The van der Waals surface area contributed by atoms with E-state index in [1.807, 2.05) is 0 Å². The van der Waals surface area contributed by atoms with Gasteiger partial charge in [-0.25, -0.2) is 4.39 Å². The maximum absolute atomic E-state index is 13.7. The van der Waals surface area contributed by atoms with Crippen LogP contribution in [-0.2, 0) is 4.79 Å². The van der Waals surface area contributed by atoms with E-state index < -0.39 is 48.2 Å². The zero-order valence-corrected chi connectivity index (χ0v) is 17.8. The molecule has 1 aliphatic rings. The van der Waals surface area contributed by atoms with E-state index in [-0.39, 0.29) is 22.4 Å². The highest BCUT2D eigenvalue weighted by molar-refractivity contribution is 6.05. The fourth-order valence-corrected chi connectivity index (χ4v) is 4.02. The number of halogens is 4. The Kier molecular flexibility index (Phi) is 7.10. The lowest BCUT2D eigenvalue weighted by molar-refractivity contribution is -0.148. The molecule has 2 aromatic carbocycles. The van der Waals surface area contributed by atoms with Gasteiger partial charge in [-0.15, -0.1) is 0 Å². The predicted octanol–water partition coefficient (Wildman–Crippen LogP) is 3.77. The fourth-order valence-electron chi connectivity index (χ4n) is 4.02. The minimum absolute atomic E-state index is 0.0500. The van der Waals surface area contributed by atoms with E-state index >= 15 is 0 Å². The number of nitrogens with zero attached hydrogens (tertiary/aromatic N) is 3. The van der Waals surface area contributed by atoms with E-state index in [2.05, 4.69) is 10.3 Å². The lowest BCUT2D eigenvalue weighted by Crippen LogP contribution is -2.57. The van der Waals surface area contributed by atoms with E-state index in [1.54, 1.807) is 12.1 Å². The van der Waals surface area contributed by atoms with Gasteiger partial charge in [0.25, 0.3) is 5.91 Å². The summed E-state index contributed by atoms with van der Waals surface area (Å²) >= 11 is 0. The number of nitrogens with one attached hydrogen (secondary N) is 2. The average Bonchev–Trinajstić information content (AvgIpc) is 2.79. The number of nitriles is 1. The van der Waals surface area contributed by atoms with Crippen molar-refractivity contribution in [3.63, 3.8) is 0 Å². The molecule has 0 radical (unpaired) electrons. The number of hydrogen-bond acceptors (Lipinski definition) is 5. The van der Waals surface area contributed by atoms with Crippen LogP contribution in [0, 0.1) is 28.5 Å². The van der Waals surface area contributed by atoms with Crippen LogP contribution in [-0.4, -0.2) is 55.0 Å². The van der Waals surface area contributed by atoms with Gasteiger partial charge in [-0.2, -0.15) is 18.4 Å². The number of carbonyl (C=O) groups excluding carboxylic acids is 2. The second-order valence-corrected chi connectivity index (χ2v) is 7.55. The lowest BCUT2D eigenvalue weighted by Gasteiger charge is -2.43. The Morgan fingerprint density at radius 1 is 1.32 bits per heavy atom. The molecule has 0 fully saturated rings. The number of anilines is 1. The van der Waals surface area contributed by atoms with Crippen molar-refractivity contribution in [3.8, 4) is 6.07 Å². The Morgan fingerprint density at radius 3 is 2.65 bits per heavy atom. The van der Waals surface area contributed by atoms with Crippen molar-refractivity contribution in [1.82, 2.24) is 4.90 Å². The van der Waals surface area contributed by atoms with Crippen molar-refractivity contribution in [1.29, 1.82) is 10.7 Å². The molecule has 1 aliphatic heterocycles. The summed E-state index contributed by atoms with van der Waals surface area (Å²) in [6.45, 7) is -1.63. The minimum atomic E-state index is -4.77. The largest absolute Gasteiger partial charge is 0.406 e. The van der Waals surface area contributed by atoms with Crippen molar-refractivity contribution in [2.24, 2.45) is 10.9 Å². The SMILES string of the molecule is CN=CC(C=N)[C@@H]1[C@@H](C(=O)Nc2ccc(F)c(C#N)c2)c2ccccc2C(=O)N1CC(F)(F)F. The topological polar surface area (TPSA) is 109 Å². The first-order valence-electron chi connectivity index (χ1n) is 10.0. The van der Waals surface area contributed by atoms with Crippen LogP contribution in [0.25, 0.3) is 0 Å². The first-order chi connectivity index (χ1) is 16.1. The second-order valence-electron chi connectivity index (χ2n) is 7.55. The van der Waals surface area contributed by atoms with Gasteiger partial charge < -0.3 is 20.6 Å². The summed E-state index contributed by atoms with van der Waals surface area (Å²) in [5, 5.41) is 19.3. The number of hydrogen-bond donors (Lipinski definition) is 2. The average molecular weight is 473 g/mol. The molecule has 0 bridgehead atoms. The molecular weight excluding hydrogens is 454 g/mol. The molecule has 34 heavy (non-hydrogen) atoms. The third kappa shape index (κ3) is 4.96. The molecule has 0 spiro atoms. The zero-order chi connectivity index (χ0) is 25.0. The molecule has 1 heterocycles. The smallest absolute Gasteiger partial charge is 0.325 e. The normalized spacial score (nSPS) is 18.8. The van der Waals surface area contributed by atoms with Gasteiger partial charge in [-0.3, -0.25) is 9.59 Å². The highest BCUT2D eigenvalue weighted by Crippen LogP contribution is 2.38. The number of rotatable bonds is 6. The van der Waals surface area contributed by atoms with Crippen LogP contribution in [0.3, 0.4) is 0 Å². The van der Waals surface area contributed by atoms with E-state index in [4.69, 9.17) is 10.7 Å². The molecule has 2 aromatic rings. The number of carbonyl (C=O) groups is 2. The molecule has 0 aromatic heterocycles. The highest BCUT2D eigenvalue weighted by atomic mass is 19.4. The zero-order valence-electron chi connectivity index (χ0n) is 17.8. The van der Waals surface area contributed by atoms with Gasteiger partial charge in [0.15, 0.2) is 0 Å². The van der Waals surface area contributed by atoms with Crippen LogP contribution in [0.4, 0.5) is 23.2 Å². The molecule has 3 atom stereocenters. The molecule has 2 N–H and O–H groups in total. The number of benzene rings is 2. The summed E-state index contributed by atoms with van der Waals surface area (Å²) in [4.78, 5) is 30.9. The molecule has 11 heteroatoms. The maximum atomic E-state index is 13.7. The Morgan fingerprint density at radius 2 is 2.03 bits per heavy atom. The predicted molar refractivity (Wildman–Crippen MR) is 116 cm³/mol.